The van der Waals surface area contributed by atoms with E-state index in [1.807, 2.05) is 67.8 Å². The maximum atomic E-state index is 10.7. The quantitative estimate of drug-likeness (QED) is 0.573. The minimum atomic E-state index is 0.142. The highest BCUT2D eigenvalue weighted by molar-refractivity contribution is 6.30. The predicted molar refractivity (Wildman–Crippen MR) is 140 cm³/mol. The molecule has 2 aliphatic rings. The van der Waals surface area contributed by atoms with Crippen LogP contribution in [0.25, 0.3) is 5.69 Å². The molecule has 1 amide bonds. The van der Waals surface area contributed by atoms with E-state index >= 15 is 0 Å². The maximum absolute atomic E-state index is 10.7. The zero-order chi connectivity index (χ0) is 25.5. The van der Waals surface area contributed by atoms with Gasteiger partial charge in [-0.05, 0) is 43.7 Å². The van der Waals surface area contributed by atoms with Crippen molar-refractivity contribution in [3.05, 3.63) is 70.3 Å². The molecule has 1 saturated heterocycles. The van der Waals surface area contributed by atoms with Gasteiger partial charge >= 0.3 is 0 Å². The SMILES string of the molecule is CC.CC(=O)N1CCC(N)C1.COc1ccc2c(c1)C(c1ccc(Cl)cc1)=NCc1nnc(C)n1-2. The second-order valence-corrected chi connectivity index (χ2v) is 8.50. The van der Waals surface area contributed by atoms with E-state index in [-0.39, 0.29) is 11.9 Å². The van der Waals surface area contributed by atoms with Gasteiger partial charge in [0.15, 0.2) is 5.82 Å². The van der Waals surface area contributed by atoms with Gasteiger partial charge in [0.25, 0.3) is 0 Å². The number of carbonyl (C=O) groups is 1. The Morgan fingerprint density at radius 1 is 1.14 bits per heavy atom. The minimum Gasteiger partial charge on any atom is -0.497 e. The van der Waals surface area contributed by atoms with Gasteiger partial charge in [0, 0.05) is 42.2 Å². The Morgan fingerprint density at radius 2 is 1.86 bits per heavy atom. The summed E-state index contributed by atoms with van der Waals surface area (Å²) in [5, 5.41) is 9.14. The fourth-order valence-corrected chi connectivity index (χ4v) is 4.14. The molecule has 2 aromatic carbocycles. The zero-order valence-corrected chi connectivity index (χ0v) is 21.7. The van der Waals surface area contributed by atoms with Gasteiger partial charge in [-0.25, -0.2) is 0 Å². The smallest absolute Gasteiger partial charge is 0.219 e. The molecule has 0 bridgehead atoms. The second kappa shape index (κ2) is 12.0. The number of halogens is 1. The Morgan fingerprint density at radius 3 is 2.43 bits per heavy atom. The number of amides is 1. The van der Waals surface area contributed by atoms with Crippen molar-refractivity contribution in [2.45, 2.75) is 46.7 Å². The molecule has 5 rings (SSSR count). The first-order chi connectivity index (χ1) is 16.9. The number of hydrogen-bond acceptors (Lipinski definition) is 6. The molecular weight excluding hydrogens is 464 g/mol. The van der Waals surface area contributed by atoms with Crippen LogP contribution in [0.2, 0.25) is 5.02 Å². The van der Waals surface area contributed by atoms with Crippen LogP contribution in [-0.4, -0.2) is 57.5 Å². The summed E-state index contributed by atoms with van der Waals surface area (Å²) in [5.74, 6) is 2.58. The number of aromatic nitrogens is 3. The van der Waals surface area contributed by atoms with E-state index in [1.165, 1.54) is 0 Å². The van der Waals surface area contributed by atoms with Crippen molar-refractivity contribution in [3.63, 3.8) is 0 Å². The number of carbonyl (C=O) groups excluding carboxylic acids is 1. The minimum absolute atomic E-state index is 0.142. The standard InChI is InChI=1S/C18H15ClN4O.C6H12N2O.C2H6/c1-11-21-22-17-10-20-18(12-3-5-13(19)6-4-12)15-9-14(24-2)7-8-16(15)23(11)17;1-5(9)8-3-2-6(7)4-8;1-2/h3-9H,10H2,1-2H3;6H,2-4,7H2,1H3;1-2H3. The number of ether oxygens (including phenoxy) is 1. The third-order valence-electron chi connectivity index (χ3n) is 5.76. The van der Waals surface area contributed by atoms with Gasteiger partial charge in [0.2, 0.25) is 5.91 Å². The molecule has 0 radical (unpaired) electrons. The molecule has 35 heavy (non-hydrogen) atoms. The van der Waals surface area contributed by atoms with Gasteiger partial charge in [0.1, 0.15) is 18.1 Å². The van der Waals surface area contributed by atoms with Crippen molar-refractivity contribution in [2.75, 3.05) is 20.2 Å². The molecule has 1 aromatic heterocycles. The number of likely N-dealkylation sites (tertiary alicyclic amines) is 1. The summed E-state index contributed by atoms with van der Waals surface area (Å²) in [7, 11) is 1.66. The molecule has 3 aromatic rings. The monoisotopic (exact) mass is 496 g/mol. The highest BCUT2D eigenvalue weighted by Gasteiger charge is 2.22. The molecule has 2 aliphatic heterocycles. The molecule has 0 saturated carbocycles. The van der Waals surface area contributed by atoms with Gasteiger partial charge in [-0.3, -0.25) is 14.4 Å². The average molecular weight is 497 g/mol. The number of aryl methyl sites for hydroxylation is 1. The lowest BCUT2D eigenvalue weighted by atomic mass is 10.00. The first-order valence-corrected chi connectivity index (χ1v) is 12.2. The average Bonchev–Trinajstić information content (AvgIpc) is 3.43. The summed E-state index contributed by atoms with van der Waals surface area (Å²) in [5.41, 5.74) is 9.45. The maximum Gasteiger partial charge on any atom is 0.219 e. The van der Waals surface area contributed by atoms with Crippen LogP contribution in [-0.2, 0) is 11.3 Å². The van der Waals surface area contributed by atoms with Crippen molar-refractivity contribution in [1.82, 2.24) is 19.7 Å². The molecule has 1 unspecified atom stereocenters. The number of aliphatic imine (C=N–C) groups is 1. The molecule has 1 atom stereocenters. The number of benzene rings is 2. The fourth-order valence-electron chi connectivity index (χ4n) is 4.01. The molecule has 1 fully saturated rings. The molecule has 2 N–H and O–H groups in total. The second-order valence-electron chi connectivity index (χ2n) is 8.07. The van der Waals surface area contributed by atoms with Gasteiger partial charge in [-0.15, -0.1) is 10.2 Å². The van der Waals surface area contributed by atoms with Crippen LogP contribution in [0.15, 0.2) is 47.5 Å². The lowest BCUT2D eigenvalue weighted by Gasteiger charge is -2.14. The first-order valence-electron chi connectivity index (χ1n) is 11.8. The fraction of sp³-hybridized carbons (Fsp3) is 0.385. The predicted octanol–water partition coefficient (Wildman–Crippen LogP) is 4.18. The molecule has 9 heteroatoms. The van der Waals surface area contributed by atoms with Crippen molar-refractivity contribution in [1.29, 1.82) is 0 Å². The lowest BCUT2D eigenvalue weighted by molar-refractivity contribution is -0.127. The van der Waals surface area contributed by atoms with Crippen molar-refractivity contribution >= 4 is 23.2 Å². The van der Waals surface area contributed by atoms with E-state index < -0.39 is 0 Å². The lowest BCUT2D eigenvalue weighted by Crippen LogP contribution is -2.29. The molecular formula is C26H33ClN6O2. The van der Waals surface area contributed by atoms with Crippen LogP contribution in [0.1, 0.15) is 50.0 Å². The Hall–Kier alpha value is -3.23. The van der Waals surface area contributed by atoms with Crippen LogP contribution >= 0.6 is 11.6 Å². The Kier molecular flexibility index (Phi) is 9.01. The Labute approximate surface area is 211 Å². The normalized spacial score (nSPS) is 15.9. The van der Waals surface area contributed by atoms with Crippen LogP contribution in [0, 0.1) is 6.92 Å². The highest BCUT2D eigenvalue weighted by Crippen LogP contribution is 2.29. The van der Waals surface area contributed by atoms with E-state index in [2.05, 4.69) is 10.2 Å². The molecule has 8 nitrogen and oxygen atoms in total. The summed E-state index contributed by atoms with van der Waals surface area (Å²) < 4.78 is 7.45. The summed E-state index contributed by atoms with van der Waals surface area (Å²) in [6.45, 7) is 9.58. The van der Waals surface area contributed by atoms with E-state index in [1.54, 1.807) is 18.9 Å². The van der Waals surface area contributed by atoms with Gasteiger partial charge in [-0.2, -0.15) is 0 Å². The van der Waals surface area contributed by atoms with Gasteiger partial charge < -0.3 is 15.4 Å². The number of fused-ring (bicyclic) bond motifs is 3. The number of methoxy groups -OCH3 is 1. The van der Waals surface area contributed by atoms with Crippen LogP contribution in [0.3, 0.4) is 0 Å². The highest BCUT2D eigenvalue weighted by atomic mass is 35.5. The largest absolute Gasteiger partial charge is 0.497 e. The zero-order valence-electron chi connectivity index (χ0n) is 21.0. The van der Waals surface area contributed by atoms with Crippen molar-refractivity contribution in [2.24, 2.45) is 10.7 Å². The van der Waals surface area contributed by atoms with Gasteiger partial charge in [-0.1, -0.05) is 37.6 Å². The van der Waals surface area contributed by atoms with Crippen molar-refractivity contribution in [3.8, 4) is 11.4 Å². The molecule has 0 spiro atoms. The third-order valence-corrected chi connectivity index (χ3v) is 6.01. The molecule has 186 valence electrons. The van der Waals surface area contributed by atoms with Crippen molar-refractivity contribution < 1.29 is 9.53 Å². The Balaban J connectivity index is 0.000000262. The van der Waals surface area contributed by atoms with E-state index in [0.717, 1.165) is 59.4 Å². The Bertz CT molecular complexity index is 1190. The summed E-state index contributed by atoms with van der Waals surface area (Å²) in [6, 6.07) is 13.9. The number of hydrogen-bond donors (Lipinski definition) is 1. The van der Waals surface area contributed by atoms with E-state index in [0.29, 0.717) is 11.6 Å². The third kappa shape index (κ3) is 6.07. The van der Waals surface area contributed by atoms with E-state index in [4.69, 9.17) is 27.1 Å². The number of nitrogens with two attached hydrogens (primary N) is 1. The summed E-state index contributed by atoms with van der Waals surface area (Å²) in [6.07, 6.45) is 0.958. The molecule has 3 heterocycles. The number of rotatable bonds is 2. The topological polar surface area (TPSA) is 98.6 Å². The van der Waals surface area contributed by atoms with Crippen LogP contribution in [0.5, 0.6) is 5.75 Å². The number of nitrogens with zero attached hydrogens (tertiary/aromatic N) is 5. The van der Waals surface area contributed by atoms with Crippen LogP contribution < -0.4 is 10.5 Å². The molecule has 0 aliphatic carbocycles. The van der Waals surface area contributed by atoms with Gasteiger partial charge in [0.05, 0.1) is 18.5 Å². The van der Waals surface area contributed by atoms with E-state index in [9.17, 15) is 4.79 Å². The summed E-state index contributed by atoms with van der Waals surface area (Å²) >= 11 is 6.02. The summed E-state index contributed by atoms with van der Waals surface area (Å²) in [4.78, 5) is 17.2. The first kappa shape index (κ1) is 26.4. The van der Waals surface area contributed by atoms with Crippen LogP contribution in [0.4, 0.5) is 0 Å².